The lowest BCUT2D eigenvalue weighted by atomic mass is 10.1. The Bertz CT molecular complexity index is 525. The number of hydrogen-bond acceptors (Lipinski definition) is 3. The Labute approximate surface area is 118 Å². The maximum Gasteiger partial charge on any atom is 0.237 e. The molecule has 2 rings (SSSR count). The number of anilines is 1. The van der Waals surface area contributed by atoms with E-state index in [1.807, 2.05) is 25.1 Å². The lowest BCUT2D eigenvalue weighted by Gasteiger charge is -2.12. The van der Waals surface area contributed by atoms with Crippen LogP contribution in [0.4, 0.5) is 5.69 Å². The molecule has 1 unspecified atom stereocenters. The fraction of sp³-hybridized carbons (Fsp3) is 0.400. The molecule has 1 saturated heterocycles. The second-order valence-electron chi connectivity index (χ2n) is 4.53. The van der Waals surface area contributed by atoms with Gasteiger partial charge in [-0.1, -0.05) is 11.8 Å². The molecule has 1 amide bonds. The van der Waals surface area contributed by atoms with Gasteiger partial charge in [-0.15, -0.1) is 11.8 Å². The van der Waals surface area contributed by atoms with Crippen LogP contribution in [0.5, 0.6) is 0 Å². The summed E-state index contributed by atoms with van der Waals surface area (Å²) in [6, 6.07) is 5.79. The summed E-state index contributed by atoms with van der Waals surface area (Å²) in [7, 11) is 0. The third-order valence-electron chi connectivity index (χ3n) is 3.04. The van der Waals surface area contributed by atoms with Gasteiger partial charge in [0.1, 0.15) is 0 Å². The molecule has 1 heterocycles. The van der Waals surface area contributed by atoms with Crippen LogP contribution < -0.4 is 11.1 Å². The van der Waals surface area contributed by atoms with Crippen molar-refractivity contribution >= 4 is 23.4 Å². The van der Waals surface area contributed by atoms with Gasteiger partial charge in [-0.25, -0.2) is 0 Å². The molecule has 4 heteroatoms. The highest BCUT2D eigenvalue weighted by molar-refractivity contribution is 8.00. The number of rotatable bonds is 2. The van der Waals surface area contributed by atoms with Gasteiger partial charge in [0.2, 0.25) is 5.91 Å². The fourth-order valence-electron chi connectivity index (χ4n) is 2.03. The number of aryl methyl sites for hydroxylation is 1. The van der Waals surface area contributed by atoms with E-state index in [0.717, 1.165) is 35.4 Å². The number of carbonyl (C=O) groups excluding carboxylic acids is 1. The van der Waals surface area contributed by atoms with E-state index >= 15 is 0 Å². The van der Waals surface area contributed by atoms with Gasteiger partial charge < -0.3 is 11.1 Å². The van der Waals surface area contributed by atoms with Crippen molar-refractivity contribution in [2.75, 3.05) is 17.6 Å². The average molecular weight is 274 g/mol. The number of thioether (sulfide) groups is 1. The summed E-state index contributed by atoms with van der Waals surface area (Å²) in [5, 5.41) is 3.11. The molecular formula is C15H18N2OS. The number of hydrogen-bond donors (Lipinski definition) is 2. The Balaban J connectivity index is 2.06. The van der Waals surface area contributed by atoms with Crippen LogP contribution in [0.25, 0.3) is 0 Å². The van der Waals surface area contributed by atoms with E-state index < -0.39 is 0 Å². The van der Waals surface area contributed by atoms with E-state index in [2.05, 4.69) is 17.2 Å². The lowest BCUT2D eigenvalue weighted by Crippen LogP contribution is -2.23. The van der Waals surface area contributed by atoms with E-state index in [1.54, 1.807) is 11.8 Å². The molecule has 1 fully saturated rings. The van der Waals surface area contributed by atoms with Crippen LogP contribution in [0.3, 0.4) is 0 Å². The summed E-state index contributed by atoms with van der Waals surface area (Å²) in [6.45, 7) is 2.33. The smallest absolute Gasteiger partial charge is 0.237 e. The minimum atomic E-state index is 0.108. The molecule has 0 radical (unpaired) electrons. The fourth-order valence-corrected chi connectivity index (χ4v) is 3.19. The molecule has 3 nitrogen and oxygen atoms in total. The molecule has 0 bridgehead atoms. The summed E-state index contributed by atoms with van der Waals surface area (Å²) >= 11 is 1.74. The zero-order valence-electron chi connectivity index (χ0n) is 11.0. The normalized spacial score (nSPS) is 17.7. The molecule has 1 aliphatic heterocycles. The Morgan fingerprint density at radius 2 is 2.42 bits per heavy atom. The summed E-state index contributed by atoms with van der Waals surface area (Å²) < 4.78 is 0. The molecule has 1 aromatic carbocycles. The predicted octanol–water partition coefficient (Wildman–Crippen LogP) is 2.14. The number of nitrogens with two attached hydrogens (primary N) is 1. The minimum Gasteiger partial charge on any atom is -0.325 e. The highest BCUT2D eigenvalue weighted by Gasteiger charge is 2.23. The van der Waals surface area contributed by atoms with Crippen LogP contribution in [-0.4, -0.2) is 23.5 Å². The quantitative estimate of drug-likeness (QED) is 0.812. The Kier molecular flexibility index (Phi) is 4.89. The molecule has 3 N–H and O–H groups in total. The largest absolute Gasteiger partial charge is 0.325 e. The van der Waals surface area contributed by atoms with Crippen LogP contribution in [0.2, 0.25) is 0 Å². The third-order valence-corrected chi connectivity index (χ3v) is 4.42. The minimum absolute atomic E-state index is 0.108. The van der Waals surface area contributed by atoms with Crippen LogP contribution in [0.15, 0.2) is 18.2 Å². The molecular weight excluding hydrogens is 256 g/mol. The number of carbonyl (C=O) groups is 1. The van der Waals surface area contributed by atoms with Crippen molar-refractivity contribution in [1.29, 1.82) is 0 Å². The molecule has 0 aromatic heterocycles. The second kappa shape index (κ2) is 6.65. The zero-order valence-corrected chi connectivity index (χ0v) is 11.8. The Morgan fingerprint density at radius 1 is 1.58 bits per heavy atom. The van der Waals surface area contributed by atoms with Gasteiger partial charge >= 0.3 is 0 Å². The van der Waals surface area contributed by atoms with Crippen LogP contribution in [-0.2, 0) is 4.79 Å². The molecule has 100 valence electrons. The van der Waals surface area contributed by atoms with Gasteiger partial charge in [-0.05, 0) is 49.3 Å². The van der Waals surface area contributed by atoms with Gasteiger partial charge in [0.25, 0.3) is 0 Å². The number of amides is 1. The number of nitrogens with one attached hydrogen (secondary N) is 1. The zero-order chi connectivity index (χ0) is 13.7. The van der Waals surface area contributed by atoms with Crippen molar-refractivity contribution in [3.63, 3.8) is 0 Å². The summed E-state index contributed by atoms with van der Waals surface area (Å²) in [6.07, 6.45) is 2.12. The monoisotopic (exact) mass is 274 g/mol. The summed E-state index contributed by atoms with van der Waals surface area (Å²) in [5.41, 5.74) is 8.17. The Hall–Kier alpha value is -1.44. The molecule has 0 spiro atoms. The summed E-state index contributed by atoms with van der Waals surface area (Å²) in [4.78, 5) is 12.0. The maximum absolute atomic E-state index is 12.0. The first-order chi connectivity index (χ1) is 9.20. The highest BCUT2D eigenvalue weighted by atomic mass is 32.2. The van der Waals surface area contributed by atoms with Gasteiger partial charge in [0, 0.05) is 11.3 Å². The van der Waals surface area contributed by atoms with Crippen molar-refractivity contribution in [3.8, 4) is 11.8 Å². The Morgan fingerprint density at radius 3 is 3.05 bits per heavy atom. The maximum atomic E-state index is 12.0. The molecule has 1 aromatic rings. The van der Waals surface area contributed by atoms with Crippen LogP contribution >= 0.6 is 11.8 Å². The molecule has 0 saturated carbocycles. The number of benzene rings is 1. The van der Waals surface area contributed by atoms with Crippen LogP contribution in [0.1, 0.15) is 24.0 Å². The van der Waals surface area contributed by atoms with E-state index in [0.29, 0.717) is 6.54 Å². The van der Waals surface area contributed by atoms with Gasteiger partial charge in [-0.3, -0.25) is 4.79 Å². The first-order valence-corrected chi connectivity index (χ1v) is 7.47. The lowest BCUT2D eigenvalue weighted by molar-refractivity contribution is -0.115. The highest BCUT2D eigenvalue weighted by Crippen LogP contribution is 2.27. The third kappa shape index (κ3) is 3.76. The average Bonchev–Trinajstić information content (AvgIpc) is 2.93. The molecule has 0 aliphatic carbocycles. The SMILES string of the molecule is Cc1cc(C#CCN)ccc1NC(=O)C1CCCS1. The van der Waals surface area contributed by atoms with Crippen LogP contribution in [0, 0.1) is 18.8 Å². The molecule has 1 aliphatic rings. The van der Waals surface area contributed by atoms with Crippen molar-refractivity contribution in [1.82, 2.24) is 0 Å². The first kappa shape index (κ1) is 14.0. The van der Waals surface area contributed by atoms with Gasteiger partial charge in [-0.2, -0.15) is 0 Å². The van der Waals surface area contributed by atoms with E-state index in [9.17, 15) is 4.79 Å². The van der Waals surface area contributed by atoms with E-state index in [1.165, 1.54) is 0 Å². The van der Waals surface area contributed by atoms with Gasteiger partial charge in [0.15, 0.2) is 0 Å². The van der Waals surface area contributed by atoms with Crippen molar-refractivity contribution in [2.24, 2.45) is 5.73 Å². The van der Waals surface area contributed by atoms with Crippen molar-refractivity contribution < 1.29 is 4.79 Å². The summed E-state index contributed by atoms with van der Waals surface area (Å²) in [5.74, 6) is 7.02. The standard InChI is InChI=1S/C15H18N2OS/c1-11-10-12(4-2-8-16)6-7-13(11)17-15(18)14-5-3-9-19-14/h6-7,10,14H,3,5,8-9,16H2,1H3,(H,17,18). The topological polar surface area (TPSA) is 55.1 Å². The van der Waals surface area contributed by atoms with E-state index in [4.69, 9.17) is 5.73 Å². The molecule has 19 heavy (non-hydrogen) atoms. The van der Waals surface area contributed by atoms with E-state index in [-0.39, 0.29) is 11.2 Å². The molecule has 1 atom stereocenters. The van der Waals surface area contributed by atoms with Crippen molar-refractivity contribution in [3.05, 3.63) is 29.3 Å². The van der Waals surface area contributed by atoms with Gasteiger partial charge in [0.05, 0.1) is 11.8 Å². The first-order valence-electron chi connectivity index (χ1n) is 6.43. The predicted molar refractivity (Wildman–Crippen MR) is 81.2 cm³/mol. The van der Waals surface area contributed by atoms with Crippen molar-refractivity contribution in [2.45, 2.75) is 25.0 Å². The second-order valence-corrected chi connectivity index (χ2v) is 5.84.